The van der Waals surface area contributed by atoms with E-state index in [-0.39, 0.29) is 0 Å². The van der Waals surface area contributed by atoms with Crippen LogP contribution >= 0.6 is 0 Å². The number of nitrogens with one attached hydrogen (secondary N) is 2. The van der Waals surface area contributed by atoms with Gasteiger partial charge >= 0.3 is 0 Å². The summed E-state index contributed by atoms with van der Waals surface area (Å²) < 4.78 is 10.9. The zero-order valence-electron chi connectivity index (χ0n) is 16.1. The summed E-state index contributed by atoms with van der Waals surface area (Å²) >= 11 is 0. The van der Waals surface area contributed by atoms with Gasteiger partial charge in [0, 0.05) is 24.8 Å². The fraction of sp³-hybridized carbons (Fsp3) is 0.429. The van der Waals surface area contributed by atoms with E-state index in [1.807, 2.05) is 42.6 Å². The van der Waals surface area contributed by atoms with Crippen LogP contribution < -0.4 is 20.1 Å². The second kappa shape index (κ2) is 9.80. The lowest BCUT2D eigenvalue weighted by molar-refractivity contribution is 0.412. The molecular weight excluding hydrogens is 340 g/mol. The first-order chi connectivity index (χ1) is 13.3. The van der Waals surface area contributed by atoms with Crippen LogP contribution in [0.15, 0.2) is 47.6 Å². The Labute approximate surface area is 161 Å². The molecule has 6 nitrogen and oxygen atoms in total. The van der Waals surface area contributed by atoms with Crippen LogP contribution in [0.25, 0.3) is 0 Å². The summed E-state index contributed by atoms with van der Waals surface area (Å²) in [5.74, 6) is 2.96. The van der Waals surface area contributed by atoms with Crippen molar-refractivity contribution in [2.75, 3.05) is 13.7 Å². The zero-order chi connectivity index (χ0) is 18.9. The molecule has 2 N–H and O–H groups in total. The predicted octanol–water partition coefficient (Wildman–Crippen LogP) is 3.88. The molecule has 27 heavy (non-hydrogen) atoms. The first-order valence-corrected chi connectivity index (χ1v) is 9.58. The highest BCUT2D eigenvalue weighted by atomic mass is 16.5. The third kappa shape index (κ3) is 5.88. The van der Waals surface area contributed by atoms with E-state index >= 15 is 0 Å². The number of hydrogen-bond donors (Lipinski definition) is 2. The Kier molecular flexibility index (Phi) is 6.90. The van der Waals surface area contributed by atoms with Gasteiger partial charge in [0.2, 0.25) is 5.88 Å². The van der Waals surface area contributed by atoms with E-state index in [9.17, 15) is 0 Å². The fourth-order valence-electron chi connectivity index (χ4n) is 3.08. The summed E-state index contributed by atoms with van der Waals surface area (Å²) in [5, 5.41) is 6.84. The maximum atomic E-state index is 5.76. The van der Waals surface area contributed by atoms with Crippen LogP contribution in [0.5, 0.6) is 17.4 Å². The lowest BCUT2D eigenvalue weighted by Crippen LogP contribution is -2.42. The molecule has 1 fully saturated rings. The number of nitrogens with zero attached hydrogens (tertiary/aromatic N) is 2. The van der Waals surface area contributed by atoms with Gasteiger partial charge in [-0.15, -0.1) is 0 Å². The molecular formula is C21H28N4O2. The lowest BCUT2D eigenvalue weighted by atomic mass is 10.2. The molecule has 0 atom stereocenters. The highest BCUT2D eigenvalue weighted by Gasteiger charge is 2.15. The number of hydrogen-bond acceptors (Lipinski definition) is 4. The molecule has 0 aliphatic heterocycles. The first-order valence-electron chi connectivity index (χ1n) is 9.58. The number of methoxy groups -OCH3 is 1. The van der Waals surface area contributed by atoms with Crippen molar-refractivity contribution in [1.82, 2.24) is 15.6 Å². The summed E-state index contributed by atoms with van der Waals surface area (Å²) in [4.78, 5) is 9.06. The Morgan fingerprint density at radius 3 is 2.48 bits per heavy atom. The molecule has 1 aliphatic rings. The number of aromatic nitrogens is 1. The van der Waals surface area contributed by atoms with Crippen LogP contribution in [0.4, 0.5) is 0 Å². The van der Waals surface area contributed by atoms with Crippen LogP contribution in [0.1, 0.15) is 38.2 Å². The molecule has 1 aromatic heterocycles. The molecule has 0 amide bonds. The first kappa shape index (κ1) is 19.0. The Morgan fingerprint density at radius 2 is 1.85 bits per heavy atom. The third-order valence-electron chi connectivity index (χ3n) is 4.54. The van der Waals surface area contributed by atoms with E-state index in [0.29, 0.717) is 18.5 Å². The normalized spacial score (nSPS) is 14.8. The molecule has 1 aliphatic carbocycles. The average molecular weight is 368 g/mol. The number of ether oxygens (including phenoxy) is 2. The molecule has 1 aromatic carbocycles. The minimum Gasteiger partial charge on any atom is -0.497 e. The molecule has 1 saturated carbocycles. The van der Waals surface area contributed by atoms with Gasteiger partial charge in [0.15, 0.2) is 5.96 Å². The predicted molar refractivity (Wildman–Crippen MR) is 108 cm³/mol. The second-order valence-corrected chi connectivity index (χ2v) is 6.60. The van der Waals surface area contributed by atoms with Gasteiger partial charge < -0.3 is 20.1 Å². The number of guanidine groups is 1. The van der Waals surface area contributed by atoms with Gasteiger partial charge in [-0.3, -0.25) is 0 Å². The minimum absolute atomic E-state index is 0.543. The van der Waals surface area contributed by atoms with E-state index < -0.39 is 0 Å². The van der Waals surface area contributed by atoms with Crippen LogP contribution in [0, 0.1) is 0 Å². The lowest BCUT2D eigenvalue weighted by Gasteiger charge is -2.16. The van der Waals surface area contributed by atoms with Crippen molar-refractivity contribution >= 4 is 5.96 Å². The van der Waals surface area contributed by atoms with Crippen molar-refractivity contribution in [3.63, 3.8) is 0 Å². The minimum atomic E-state index is 0.543. The molecule has 0 spiro atoms. The van der Waals surface area contributed by atoms with Crippen molar-refractivity contribution in [3.8, 4) is 17.4 Å². The van der Waals surface area contributed by atoms with E-state index in [4.69, 9.17) is 9.47 Å². The van der Waals surface area contributed by atoms with Gasteiger partial charge in [0.25, 0.3) is 0 Å². The van der Waals surface area contributed by atoms with Gasteiger partial charge in [-0.05, 0) is 49.6 Å². The molecule has 0 saturated heterocycles. The Morgan fingerprint density at radius 1 is 1.11 bits per heavy atom. The molecule has 0 bridgehead atoms. The zero-order valence-corrected chi connectivity index (χ0v) is 16.1. The van der Waals surface area contributed by atoms with Crippen molar-refractivity contribution in [2.24, 2.45) is 4.99 Å². The molecule has 6 heteroatoms. The number of benzene rings is 1. The van der Waals surface area contributed by atoms with E-state index in [1.165, 1.54) is 25.7 Å². The van der Waals surface area contributed by atoms with Crippen molar-refractivity contribution in [3.05, 3.63) is 48.2 Å². The summed E-state index contributed by atoms with van der Waals surface area (Å²) in [6.45, 7) is 3.52. The standard InChI is InChI=1S/C21H28N4O2/c1-3-22-21(25-17-6-4-5-7-17)24-15-16-8-13-20(23-14-16)27-19-11-9-18(26-2)10-12-19/h8-14,17H,3-7,15H2,1-2H3,(H2,22,24,25). The average Bonchev–Trinajstić information content (AvgIpc) is 3.21. The van der Waals surface area contributed by atoms with Crippen molar-refractivity contribution in [1.29, 1.82) is 0 Å². The van der Waals surface area contributed by atoms with E-state index in [0.717, 1.165) is 29.6 Å². The third-order valence-corrected chi connectivity index (χ3v) is 4.54. The van der Waals surface area contributed by atoms with Crippen molar-refractivity contribution < 1.29 is 9.47 Å². The highest BCUT2D eigenvalue weighted by Crippen LogP contribution is 2.22. The van der Waals surface area contributed by atoms with Crippen LogP contribution in [-0.4, -0.2) is 30.6 Å². The van der Waals surface area contributed by atoms with Crippen LogP contribution in [0.3, 0.4) is 0 Å². The quantitative estimate of drug-likeness (QED) is 0.573. The highest BCUT2D eigenvalue weighted by molar-refractivity contribution is 5.80. The smallest absolute Gasteiger partial charge is 0.219 e. The maximum absolute atomic E-state index is 5.76. The summed E-state index contributed by atoms with van der Waals surface area (Å²) in [6, 6.07) is 11.8. The number of pyridine rings is 1. The molecule has 2 aromatic rings. The Hall–Kier alpha value is -2.76. The van der Waals surface area contributed by atoms with Gasteiger partial charge in [-0.2, -0.15) is 0 Å². The molecule has 3 rings (SSSR count). The SMILES string of the molecule is CCNC(=NCc1ccc(Oc2ccc(OC)cc2)nc1)NC1CCCC1. The molecule has 0 radical (unpaired) electrons. The summed E-state index contributed by atoms with van der Waals surface area (Å²) in [6.07, 6.45) is 6.86. The number of aliphatic imine (C=N–C) groups is 1. The topological polar surface area (TPSA) is 67.8 Å². The molecule has 1 heterocycles. The Bertz CT molecular complexity index is 723. The summed E-state index contributed by atoms with van der Waals surface area (Å²) in [7, 11) is 1.64. The monoisotopic (exact) mass is 368 g/mol. The van der Waals surface area contributed by atoms with Gasteiger partial charge in [0.1, 0.15) is 11.5 Å². The van der Waals surface area contributed by atoms with Gasteiger partial charge in [0.05, 0.1) is 13.7 Å². The van der Waals surface area contributed by atoms with E-state index in [1.54, 1.807) is 7.11 Å². The molecule has 144 valence electrons. The van der Waals surface area contributed by atoms with Gasteiger partial charge in [-0.25, -0.2) is 9.98 Å². The fourth-order valence-corrected chi connectivity index (χ4v) is 3.08. The van der Waals surface area contributed by atoms with Gasteiger partial charge in [-0.1, -0.05) is 18.9 Å². The molecule has 0 unspecified atom stereocenters. The second-order valence-electron chi connectivity index (χ2n) is 6.60. The van der Waals surface area contributed by atoms with Crippen LogP contribution in [0.2, 0.25) is 0 Å². The van der Waals surface area contributed by atoms with Crippen molar-refractivity contribution in [2.45, 2.75) is 45.2 Å². The Balaban J connectivity index is 1.56. The van der Waals surface area contributed by atoms with E-state index in [2.05, 4.69) is 27.5 Å². The van der Waals surface area contributed by atoms with Crippen LogP contribution in [-0.2, 0) is 6.54 Å². The largest absolute Gasteiger partial charge is 0.497 e. The maximum Gasteiger partial charge on any atom is 0.219 e. The summed E-state index contributed by atoms with van der Waals surface area (Å²) in [5.41, 5.74) is 1.04. The number of rotatable bonds is 7.